The standard InChI is InChI=1S/C16H29N5O/c1-12-5-8-21(9-6-12)10-7-18-16(17-4)19-11-15-20-13(2)14(3)22-15/h12H,5-11H2,1-4H3,(H2,17,18,19). The minimum atomic E-state index is 0.551. The number of likely N-dealkylation sites (tertiary alicyclic amines) is 1. The van der Waals surface area contributed by atoms with Crippen LogP contribution in [0.15, 0.2) is 9.41 Å². The molecule has 1 fully saturated rings. The number of piperidine rings is 1. The fourth-order valence-electron chi connectivity index (χ4n) is 2.61. The molecule has 1 aliphatic heterocycles. The molecular weight excluding hydrogens is 278 g/mol. The number of hydrogen-bond acceptors (Lipinski definition) is 4. The Bertz CT molecular complexity index is 469. The molecule has 0 saturated carbocycles. The molecule has 2 rings (SSSR count). The molecule has 0 amide bonds. The van der Waals surface area contributed by atoms with Crippen molar-refractivity contribution >= 4 is 5.96 Å². The van der Waals surface area contributed by atoms with Crippen molar-refractivity contribution < 1.29 is 4.42 Å². The Morgan fingerprint density at radius 3 is 2.64 bits per heavy atom. The molecule has 0 aromatic carbocycles. The summed E-state index contributed by atoms with van der Waals surface area (Å²) in [4.78, 5) is 11.1. The molecule has 0 spiro atoms. The Labute approximate surface area is 133 Å². The highest BCUT2D eigenvalue weighted by atomic mass is 16.4. The zero-order valence-electron chi connectivity index (χ0n) is 14.3. The van der Waals surface area contributed by atoms with E-state index in [1.54, 1.807) is 7.05 Å². The number of oxazole rings is 1. The summed E-state index contributed by atoms with van der Waals surface area (Å²) in [7, 11) is 1.78. The number of aryl methyl sites for hydroxylation is 2. The quantitative estimate of drug-likeness (QED) is 0.640. The Kier molecular flexibility index (Phi) is 6.24. The predicted molar refractivity (Wildman–Crippen MR) is 89.0 cm³/mol. The van der Waals surface area contributed by atoms with Crippen LogP contribution in [0.2, 0.25) is 0 Å². The third kappa shape index (κ3) is 5.02. The maximum atomic E-state index is 5.55. The van der Waals surface area contributed by atoms with Crippen LogP contribution >= 0.6 is 0 Å². The lowest BCUT2D eigenvalue weighted by molar-refractivity contribution is 0.195. The zero-order valence-corrected chi connectivity index (χ0v) is 14.3. The van der Waals surface area contributed by atoms with Gasteiger partial charge in [-0.15, -0.1) is 0 Å². The SMILES string of the molecule is CN=C(NCCN1CCC(C)CC1)NCc1nc(C)c(C)o1. The molecule has 2 heterocycles. The summed E-state index contributed by atoms with van der Waals surface area (Å²) in [6, 6.07) is 0. The molecule has 0 atom stereocenters. The number of rotatable bonds is 5. The van der Waals surface area contributed by atoms with Gasteiger partial charge in [-0.25, -0.2) is 4.98 Å². The second-order valence-electron chi connectivity index (χ2n) is 6.13. The summed E-state index contributed by atoms with van der Waals surface area (Å²) in [5, 5.41) is 6.58. The lowest BCUT2D eigenvalue weighted by atomic mass is 9.99. The van der Waals surface area contributed by atoms with E-state index in [1.807, 2.05) is 13.8 Å². The van der Waals surface area contributed by atoms with E-state index < -0.39 is 0 Å². The van der Waals surface area contributed by atoms with Crippen LogP contribution in [0.5, 0.6) is 0 Å². The van der Waals surface area contributed by atoms with Gasteiger partial charge in [-0.3, -0.25) is 4.99 Å². The Balaban J connectivity index is 1.67. The van der Waals surface area contributed by atoms with E-state index >= 15 is 0 Å². The van der Waals surface area contributed by atoms with Crippen LogP contribution in [0.1, 0.15) is 37.1 Å². The van der Waals surface area contributed by atoms with Crippen LogP contribution in [0.25, 0.3) is 0 Å². The average molecular weight is 307 g/mol. The molecule has 0 unspecified atom stereocenters. The molecule has 2 N–H and O–H groups in total. The molecule has 124 valence electrons. The largest absolute Gasteiger partial charge is 0.444 e. The molecule has 0 bridgehead atoms. The number of nitrogens with one attached hydrogen (secondary N) is 2. The summed E-state index contributed by atoms with van der Waals surface area (Å²) in [6.45, 7) is 11.2. The van der Waals surface area contributed by atoms with Crippen LogP contribution < -0.4 is 10.6 Å². The highest BCUT2D eigenvalue weighted by Crippen LogP contribution is 2.15. The van der Waals surface area contributed by atoms with Crippen molar-refractivity contribution in [2.75, 3.05) is 33.2 Å². The first kappa shape index (κ1) is 16.8. The van der Waals surface area contributed by atoms with Gasteiger partial charge >= 0.3 is 0 Å². The van der Waals surface area contributed by atoms with Gasteiger partial charge in [0.15, 0.2) is 5.96 Å². The van der Waals surface area contributed by atoms with E-state index in [-0.39, 0.29) is 0 Å². The Morgan fingerprint density at radius 1 is 1.32 bits per heavy atom. The van der Waals surface area contributed by atoms with Crippen molar-refractivity contribution in [2.24, 2.45) is 10.9 Å². The van der Waals surface area contributed by atoms with Gasteiger partial charge in [0, 0.05) is 20.1 Å². The van der Waals surface area contributed by atoms with Crippen molar-refractivity contribution in [3.8, 4) is 0 Å². The van der Waals surface area contributed by atoms with Gasteiger partial charge < -0.3 is 20.0 Å². The van der Waals surface area contributed by atoms with Gasteiger partial charge in [-0.2, -0.15) is 0 Å². The van der Waals surface area contributed by atoms with Gasteiger partial charge in [-0.05, 0) is 45.7 Å². The molecule has 6 heteroatoms. The summed E-state index contributed by atoms with van der Waals surface area (Å²) in [5.41, 5.74) is 0.944. The van der Waals surface area contributed by atoms with Gasteiger partial charge in [0.2, 0.25) is 5.89 Å². The van der Waals surface area contributed by atoms with E-state index in [4.69, 9.17) is 4.42 Å². The van der Waals surface area contributed by atoms with Crippen LogP contribution in [0.4, 0.5) is 0 Å². The smallest absolute Gasteiger partial charge is 0.214 e. The van der Waals surface area contributed by atoms with Gasteiger partial charge in [0.25, 0.3) is 0 Å². The molecule has 1 aromatic heterocycles. The second-order valence-corrected chi connectivity index (χ2v) is 6.13. The van der Waals surface area contributed by atoms with E-state index in [0.717, 1.165) is 36.4 Å². The summed E-state index contributed by atoms with van der Waals surface area (Å²) < 4.78 is 5.55. The summed E-state index contributed by atoms with van der Waals surface area (Å²) in [5.74, 6) is 3.24. The van der Waals surface area contributed by atoms with Crippen LogP contribution in [-0.2, 0) is 6.54 Å². The third-order valence-corrected chi connectivity index (χ3v) is 4.30. The minimum Gasteiger partial charge on any atom is -0.444 e. The van der Waals surface area contributed by atoms with Gasteiger partial charge in [0.1, 0.15) is 5.76 Å². The first-order chi connectivity index (χ1) is 10.6. The monoisotopic (exact) mass is 307 g/mol. The van der Waals surface area contributed by atoms with Crippen molar-refractivity contribution in [2.45, 2.75) is 40.2 Å². The van der Waals surface area contributed by atoms with Crippen LogP contribution in [-0.4, -0.2) is 49.1 Å². The van der Waals surface area contributed by atoms with Crippen molar-refractivity contribution in [3.63, 3.8) is 0 Å². The molecule has 1 saturated heterocycles. The van der Waals surface area contributed by atoms with E-state index in [2.05, 4.69) is 32.4 Å². The normalized spacial score (nSPS) is 17.7. The first-order valence-electron chi connectivity index (χ1n) is 8.18. The molecule has 22 heavy (non-hydrogen) atoms. The predicted octanol–water partition coefficient (Wildman–Crippen LogP) is 1.69. The molecule has 0 radical (unpaired) electrons. The lowest BCUT2D eigenvalue weighted by Gasteiger charge is -2.30. The number of aliphatic imine (C=N–C) groups is 1. The van der Waals surface area contributed by atoms with Crippen molar-refractivity contribution in [1.82, 2.24) is 20.5 Å². The number of aromatic nitrogens is 1. The number of nitrogens with zero attached hydrogens (tertiary/aromatic N) is 3. The summed E-state index contributed by atoms with van der Waals surface area (Å²) in [6.07, 6.45) is 2.63. The van der Waals surface area contributed by atoms with Crippen LogP contribution in [0.3, 0.4) is 0 Å². The van der Waals surface area contributed by atoms with Gasteiger partial charge in [-0.1, -0.05) is 6.92 Å². The van der Waals surface area contributed by atoms with E-state index in [1.165, 1.54) is 25.9 Å². The Hall–Kier alpha value is -1.56. The van der Waals surface area contributed by atoms with Crippen molar-refractivity contribution in [3.05, 3.63) is 17.3 Å². The van der Waals surface area contributed by atoms with E-state index in [9.17, 15) is 0 Å². The summed E-state index contributed by atoms with van der Waals surface area (Å²) >= 11 is 0. The molecule has 6 nitrogen and oxygen atoms in total. The first-order valence-corrected chi connectivity index (χ1v) is 8.18. The maximum absolute atomic E-state index is 5.55. The fraction of sp³-hybridized carbons (Fsp3) is 0.750. The molecule has 1 aliphatic rings. The maximum Gasteiger partial charge on any atom is 0.214 e. The highest BCUT2D eigenvalue weighted by molar-refractivity contribution is 5.79. The zero-order chi connectivity index (χ0) is 15.9. The fourth-order valence-corrected chi connectivity index (χ4v) is 2.61. The minimum absolute atomic E-state index is 0.551. The van der Waals surface area contributed by atoms with Crippen molar-refractivity contribution in [1.29, 1.82) is 0 Å². The number of guanidine groups is 1. The molecule has 1 aromatic rings. The Morgan fingerprint density at radius 2 is 2.05 bits per heavy atom. The molecular formula is C16H29N5O. The van der Waals surface area contributed by atoms with Crippen LogP contribution in [0, 0.1) is 19.8 Å². The number of hydrogen-bond donors (Lipinski definition) is 2. The van der Waals surface area contributed by atoms with Gasteiger partial charge in [0.05, 0.1) is 12.2 Å². The highest BCUT2D eigenvalue weighted by Gasteiger charge is 2.15. The second kappa shape index (κ2) is 8.17. The molecule has 0 aliphatic carbocycles. The average Bonchev–Trinajstić information content (AvgIpc) is 2.83. The third-order valence-electron chi connectivity index (χ3n) is 4.30. The lowest BCUT2D eigenvalue weighted by Crippen LogP contribution is -2.43. The van der Waals surface area contributed by atoms with E-state index in [0.29, 0.717) is 12.4 Å². The topological polar surface area (TPSA) is 65.7 Å².